The van der Waals surface area contributed by atoms with Crippen LogP contribution in [0.4, 0.5) is 0 Å². The molecule has 0 N–H and O–H groups in total. The highest BCUT2D eigenvalue weighted by atomic mass is 32.2. The van der Waals surface area contributed by atoms with Crippen molar-refractivity contribution in [2.75, 3.05) is 6.26 Å². The summed E-state index contributed by atoms with van der Waals surface area (Å²) in [6.45, 7) is 4.43. The average molecular weight is 222 g/mol. The van der Waals surface area contributed by atoms with Crippen molar-refractivity contribution in [3.63, 3.8) is 0 Å². The summed E-state index contributed by atoms with van der Waals surface area (Å²) < 4.78 is 1.43. The first-order valence-electron chi connectivity index (χ1n) is 4.81. The highest BCUT2D eigenvalue weighted by Crippen LogP contribution is 2.34. The molecule has 0 amide bonds. The molecule has 14 heavy (non-hydrogen) atoms. The van der Waals surface area contributed by atoms with E-state index in [9.17, 15) is 0 Å². The van der Waals surface area contributed by atoms with Gasteiger partial charge in [-0.1, -0.05) is 6.92 Å². The van der Waals surface area contributed by atoms with E-state index in [4.69, 9.17) is 0 Å². The van der Waals surface area contributed by atoms with Crippen LogP contribution in [0.25, 0.3) is 10.1 Å². The van der Waals surface area contributed by atoms with Crippen LogP contribution in [-0.4, -0.2) is 6.26 Å². The quantitative estimate of drug-likeness (QED) is 0.674. The van der Waals surface area contributed by atoms with Gasteiger partial charge in [-0.2, -0.15) is 0 Å². The highest BCUT2D eigenvalue weighted by Gasteiger charge is 2.05. The molecule has 2 aromatic rings. The van der Waals surface area contributed by atoms with Crippen molar-refractivity contribution in [3.8, 4) is 0 Å². The zero-order valence-corrected chi connectivity index (χ0v) is 10.4. The first-order chi connectivity index (χ1) is 6.76. The van der Waals surface area contributed by atoms with Gasteiger partial charge in [-0.3, -0.25) is 0 Å². The van der Waals surface area contributed by atoms with E-state index in [1.165, 1.54) is 26.1 Å². The van der Waals surface area contributed by atoms with Crippen LogP contribution in [0.5, 0.6) is 0 Å². The predicted molar refractivity (Wildman–Crippen MR) is 67.7 cm³/mol. The van der Waals surface area contributed by atoms with Gasteiger partial charge in [0.1, 0.15) is 0 Å². The van der Waals surface area contributed by atoms with Crippen LogP contribution in [0.15, 0.2) is 22.4 Å². The summed E-state index contributed by atoms with van der Waals surface area (Å²) in [6, 6.07) is 4.67. The third-order valence-electron chi connectivity index (χ3n) is 2.60. The molecule has 0 fully saturated rings. The lowest BCUT2D eigenvalue weighted by Gasteiger charge is -2.03. The molecule has 1 aromatic heterocycles. The number of benzene rings is 1. The van der Waals surface area contributed by atoms with Gasteiger partial charge in [0.15, 0.2) is 0 Å². The molecular weight excluding hydrogens is 208 g/mol. The molecule has 0 nitrogen and oxygen atoms in total. The van der Waals surface area contributed by atoms with Crippen molar-refractivity contribution in [2.24, 2.45) is 0 Å². The Morgan fingerprint density at radius 1 is 1.36 bits per heavy atom. The molecule has 74 valence electrons. The lowest BCUT2D eigenvalue weighted by molar-refractivity contribution is 1.12. The molecule has 0 aliphatic heterocycles. The molecule has 0 bridgehead atoms. The topological polar surface area (TPSA) is 0 Å². The van der Waals surface area contributed by atoms with E-state index in [0.29, 0.717) is 0 Å². The zero-order chi connectivity index (χ0) is 10.1. The molecule has 0 radical (unpaired) electrons. The van der Waals surface area contributed by atoms with Gasteiger partial charge in [0.05, 0.1) is 0 Å². The fourth-order valence-corrected chi connectivity index (χ4v) is 3.59. The summed E-state index contributed by atoms with van der Waals surface area (Å²) in [5.74, 6) is 0. The number of aryl methyl sites for hydroxylation is 2. The van der Waals surface area contributed by atoms with Crippen LogP contribution < -0.4 is 0 Å². The summed E-state index contributed by atoms with van der Waals surface area (Å²) in [5.41, 5.74) is 2.90. The lowest BCUT2D eigenvalue weighted by atomic mass is 10.1. The first kappa shape index (κ1) is 10.1. The number of thioether (sulfide) groups is 1. The average Bonchev–Trinajstić information content (AvgIpc) is 2.58. The van der Waals surface area contributed by atoms with E-state index in [-0.39, 0.29) is 0 Å². The summed E-state index contributed by atoms with van der Waals surface area (Å²) in [7, 11) is 0. The Balaban J connectivity index is 2.69. The molecule has 0 saturated heterocycles. The van der Waals surface area contributed by atoms with Gasteiger partial charge in [-0.25, -0.2) is 0 Å². The maximum Gasteiger partial charge on any atom is 0.0357 e. The number of fused-ring (bicyclic) bond motifs is 1. The molecule has 2 heteroatoms. The molecule has 0 aliphatic carbocycles. The van der Waals surface area contributed by atoms with Gasteiger partial charge >= 0.3 is 0 Å². The number of hydrogen-bond donors (Lipinski definition) is 0. The largest absolute Gasteiger partial charge is 0.143 e. The highest BCUT2D eigenvalue weighted by molar-refractivity contribution is 7.99. The smallest absolute Gasteiger partial charge is 0.0357 e. The van der Waals surface area contributed by atoms with Crippen LogP contribution in [-0.2, 0) is 6.42 Å². The second kappa shape index (κ2) is 3.95. The molecule has 0 atom stereocenters. The van der Waals surface area contributed by atoms with E-state index in [2.05, 4.69) is 37.6 Å². The van der Waals surface area contributed by atoms with Gasteiger partial charge in [0.2, 0.25) is 0 Å². The number of thiophene rings is 1. The Labute approximate surface area is 93.3 Å². The number of hydrogen-bond acceptors (Lipinski definition) is 2. The van der Waals surface area contributed by atoms with Crippen molar-refractivity contribution >= 4 is 33.2 Å². The zero-order valence-electron chi connectivity index (χ0n) is 8.76. The molecule has 0 unspecified atom stereocenters. The molecule has 0 spiro atoms. The Bertz CT molecular complexity index is 455. The predicted octanol–water partition coefficient (Wildman–Crippen LogP) is 4.49. The van der Waals surface area contributed by atoms with Crippen LogP contribution >= 0.6 is 23.1 Å². The lowest BCUT2D eigenvalue weighted by Crippen LogP contribution is -1.84. The second-order valence-corrected chi connectivity index (χ2v) is 5.19. The van der Waals surface area contributed by atoms with Gasteiger partial charge in [0.25, 0.3) is 0 Å². The van der Waals surface area contributed by atoms with Crippen molar-refractivity contribution in [2.45, 2.75) is 25.2 Å². The summed E-state index contributed by atoms with van der Waals surface area (Å²) >= 11 is 3.69. The SMILES string of the molecule is CCc1cc2scc(SC)c2cc1C. The third kappa shape index (κ3) is 1.57. The van der Waals surface area contributed by atoms with Gasteiger partial charge in [-0.15, -0.1) is 23.1 Å². The van der Waals surface area contributed by atoms with E-state index in [1.807, 2.05) is 23.1 Å². The van der Waals surface area contributed by atoms with E-state index in [0.717, 1.165) is 6.42 Å². The fraction of sp³-hybridized carbons (Fsp3) is 0.333. The number of rotatable bonds is 2. The monoisotopic (exact) mass is 222 g/mol. The maximum atomic E-state index is 2.34. The van der Waals surface area contributed by atoms with E-state index >= 15 is 0 Å². The minimum atomic E-state index is 1.13. The van der Waals surface area contributed by atoms with Crippen LogP contribution in [0.3, 0.4) is 0 Å². The van der Waals surface area contributed by atoms with E-state index < -0.39 is 0 Å². The molecule has 0 aliphatic rings. The molecule has 0 saturated carbocycles. The van der Waals surface area contributed by atoms with Gasteiger partial charge in [-0.05, 0) is 42.9 Å². The minimum Gasteiger partial charge on any atom is -0.143 e. The molecule has 1 heterocycles. The van der Waals surface area contributed by atoms with Gasteiger partial charge in [0, 0.05) is 20.4 Å². The van der Waals surface area contributed by atoms with E-state index in [1.54, 1.807) is 0 Å². The Morgan fingerprint density at radius 2 is 2.14 bits per heavy atom. The van der Waals surface area contributed by atoms with Crippen molar-refractivity contribution in [1.29, 1.82) is 0 Å². The van der Waals surface area contributed by atoms with Crippen LogP contribution in [0.2, 0.25) is 0 Å². The summed E-state index contributed by atoms with van der Waals surface area (Å²) in [6.07, 6.45) is 3.28. The molecule has 1 aromatic carbocycles. The Kier molecular flexibility index (Phi) is 2.84. The Morgan fingerprint density at radius 3 is 2.79 bits per heavy atom. The van der Waals surface area contributed by atoms with Crippen LogP contribution in [0.1, 0.15) is 18.1 Å². The van der Waals surface area contributed by atoms with Crippen molar-refractivity contribution < 1.29 is 0 Å². The third-order valence-corrected chi connectivity index (χ3v) is 4.47. The summed E-state index contributed by atoms with van der Waals surface area (Å²) in [4.78, 5) is 1.41. The standard InChI is InChI=1S/C12H14S2/c1-4-9-6-11-10(5-8(9)2)12(13-3)7-14-11/h5-7H,4H2,1-3H3. The fourth-order valence-electron chi connectivity index (χ4n) is 1.74. The summed E-state index contributed by atoms with van der Waals surface area (Å²) in [5, 5.41) is 3.69. The Hall–Kier alpha value is -0.470. The van der Waals surface area contributed by atoms with Crippen molar-refractivity contribution in [1.82, 2.24) is 0 Å². The van der Waals surface area contributed by atoms with Gasteiger partial charge < -0.3 is 0 Å². The second-order valence-electron chi connectivity index (χ2n) is 3.43. The minimum absolute atomic E-state index is 1.13. The normalized spacial score (nSPS) is 11.1. The first-order valence-corrected chi connectivity index (χ1v) is 6.91. The maximum absolute atomic E-state index is 2.34. The van der Waals surface area contributed by atoms with Crippen LogP contribution in [0, 0.1) is 6.92 Å². The molecular formula is C12H14S2. The van der Waals surface area contributed by atoms with Crippen molar-refractivity contribution in [3.05, 3.63) is 28.6 Å². The molecule has 2 rings (SSSR count).